The summed E-state index contributed by atoms with van der Waals surface area (Å²) in [5.41, 5.74) is 4.32. The van der Waals surface area contributed by atoms with Gasteiger partial charge in [0.15, 0.2) is 11.4 Å². The molecule has 0 fully saturated rings. The summed E-state index contributed by atoms with van der Waals surface area (Å²) in [6, 6.07) is 7.92. The van der Waals surface area contributed by atoms with Gasteiger partial charge in [0.1, 0.15) is 5.52 Å². The Bertz CT molecular complexity index is 1030. The van der Waals surface area contributed by atoms with Gasteiger partial charge in [0.05, 0.1) is 29.2 Å². The van der Waals surface area contributed by atoms with Crippen LogP contribution >= 0.6 is 11.8 Å². The van der Waals surface area contributed by atoms with Crippen molar-refractivity contribution in [2.75, 3.05) is 12.9 Å². The molecule has 6 heteroatoms. The van der Waals surface area contributed by atoms with Gasteiger partial charge >= 0.3 is 0 Å². The third kappa shape index (κ3) is 2.21. The third-order valence-electron chi connectivity index (χ3n) is 4.36. The van der Waals surface area contributed by atoms with Crippen LogP contribution in [0.15, 0.2) is 34.0 Å². The Kier molecular flexibility index (Phi) is 3.57. The van der Waals surface area contributed by atoms with Gasteiger partial charge in [-0.3, -0.25) is 9.36 Å². The standard InChI is InChI=1S/C18H17N3O2S/c1-10-11(2)20-17-15(19-10)16-14(7-8-23-16)18(22)21(17)12-5-4-6-13(9-12)24-3/h4-6,9H,7-8H2,1-3H3. The smallest absolute Gasteiger partial charge is 0.263 e. The Hall–Kier alpha value is -2.34. The van der Waals surface area contributed by atoms with Crippen molar-refractivity contribution in [2.45, 2.75) is 25.2 Å². The molecule has 0 aliphatic carbocycles. The minimum atomic E-state index is -0.0641. The SMILES string of the molecule is CSc1cccc(-n2c(=O)c3c(c4nc(C)c(C)nc42)OCC3)c1. The molecule has 0 amide bonds. The van der Waals surface area contributed by atoms with Gasteiger partial charge in [0.2, 0.25) is 0 Å². The Labute approximate surface area is 143 Å². The fraction of sp³-hybridized carbons (Fsp3) is 0.278. The molecule has 3 aromatic rings. The number of rotatable bonds is 2. The molecule has 0 N–H and O–H groups in total. The summed E-state index contributed by atoms with van der Waals surface area (Å²) in [4.78, 5) is 23.5. The van der Waals surface area contributed by atoms with Crippen LogP contribution in [0, 0.1) is 13.8 Å². The number of hydrogen-bond acceptors (Lipinski definition) is 5. The van der Waals surface area contributed by atoms with E-state index < -0.39 is 0 Å². The molecule has 1 aromatic carbocycles. The lowest BCUT2D eigenvalue weighted by Gasteiger charge is -2.14. The fourth-order valence-electron chi connectivity index (χ4n) is 2.99. The first kappa shape index (κ1) is 15.2. The van der Waals surface area contributed by atoms with Crippen molar-refractivity contribution in [3.63, 3.8) is 0 Å². The molecule has 1 aliphatic rings. The van der Waals surface area contributed by atoms with Crippen LogP contribution in [0.25, 0.3) is 16.9 Å². The number of fused-ring (bicyclic) bond motifs is 3. The van der Waals surface area contributed by atoms with E-state index in [4.69, 9.17) is 4.74 Å². The van der Waals surface area contributed by atoms with Crippen LogP contribution in [0.3, 0.4) is 0 Å². The van der Waals surface area contributed by atoms with Gasteiger partial charge in [-0.2, -0.15) is 0 Å². The molecule has 0 bridgehead atoms. The van der Waals surface area contributed by atoms with E-state index in [1.54, 1.807) is 16.3 Å². The zero-order valence-electron chi connectivity index (χ0n) is 13.8. The molecule has 0 spiro atoms. The topological polar surface area (TPSA) is 57.0 Å². The highest BCUT2D eigenvalue weighted by Gasteiger charge is 2.25. The summed E-state index contributed by atoms with van der Waals surface area (Å²) >= 11 is 1.64. The highest BCUT2D eigenvalue weighted by molar-refractivity contribution is 7.98. The number of benzene rings is 1. The highest BCUT2D eigenvalue weighted by Crippen LogP contribution is 2.31. The molecule has 2 aromatic heterocycles. The lowest BCUT2D eigenvalue weighted by molar-refractivity contribution is 0.359. The van der Waals surface area contributed by atoms with Crippen molar-refractivity contribution < 1.29 is 4.74 Å². The quantitative estimate of drug-likeness (QED) is 0.672. The molecular weight excluding hydrogens is 322 g/mol. The van der Waals surface area contributed by atoms with Crippen LogP contribution < -0.4 is 10.3 Å². The van der Waals surface area contributed by atoms with Gasteiger partial charge in [-0.05, 0) is 38.3 Å². The van der Waals surface area contributed by atoms with Crippen LogP contribution in [0.5, 0.6) is 5.75 Å². The molecule has 5 nitrogen and oxygen atoms in total. The van der Waals surface area contributed by atoms with E-state index in [1.807, 2.05) is 44.4 Å². The minimum absolute atomic E-state index is 0.0641. The Morgan fingerprint density at radius 2 is 2.00 bits per heavy atom. The van der Waals surface area contributed by atoms with E-state index in [0.717, 1.165) is 22.0 Å². The Morgan fingerprint density at radius 1 is 1.21 bits per heavy atom. The number of aryl methyl sites for hydroxylation is 2. The Balaban J connectivity index is 2.15. The second-order valence-corrected chi connectivity index (χ2v) is 6.69. The van der Waals surface area contributed by atoms with Crippen molar-refractivity contribution in [1.29, 1.82) is 0 Å². The number of pyridine rings is 1. The van der Waals surface area contributed by atoms with Crippen LogP contribution in [-0.4, -0.2) is 27.4 Å². The first-order valence-corrected chi connectivity index (χ1v) is 9.02. The van der Waals surface area contributed by atoms with Crippen molar-refractivity contribution in [1.82, 2.24) is 14.5 Å². The summed E-state index contributed by atoms with van der Waals surface area (Å²) in [5.74, 6) is 0.600. The second kappa shape index (κ2) is 5.63. The number of hydrogen-bond donors (Lipinski definition) is 0. The number of aromatic nitrogens is 3. The van der Waals surface area contributed by atoms with E-state index in [9.17, 15) is 4.79 Å². The normalized spacial score (nSPS) is 13.1. The minimum Gasteiger partial charge on any atom is -0.490 e. The van der Waals surface area contributed by atoms with Gasteiger partial charge in [-0.15, -0.1) is 11.8 Å². The number of thioether (sulfide) groups is 1. The van der Waals surface area contributed by atoms with Gasteiger partial charge in [0.25, 0.3) is 5.56 Å². The molecule has 3 heterocycles. The van der Waals surface area contributed by atoms with Gasteiger partial charge in [-0.25, -0.2) is 9.97 Å². The molecular formula is C18H17N3O2S. The molecule has 0 atom stereocenters. The maximum atomic E-state index is 13.1. The van der Waals surface area contributed by atoms with Crippen molar-refractivity contribution in [2.24, 2.45) is 0 Å². The van der Waals surface area contributed by atoms with E-state index in [1.165, 1.54) is 0 Å². The van der Waals surface area contributed by atoms with Crippen molar-refractivity contribution in [3.05, 3.63) is 51.6 Å². The first-order valence-electron chi connectivity index (χ1n) is 7.80. The predicted octanol–water partition coefficient (Wildman–Crippen LogP) is 3.05. The number of ether oxygens (including phenoxy) is 1. The van der Waals surface area contributed by atoms with E-state index in [0.29, 0.717) is 35.5 Å². The summed E-state index contributed by atoms with van der Waals surface area (Å²) in [6.07, 6.45) is 2.63. The molecule has 0 saturated carbocycles. The van der Waals surface area contributed by atoms with Gasteiger partial charge in [-0.1, -0.05) is 6.07 Å². The summed E-state index contributed by atoms with van der Waals surface area (Å²) in [7, 11) is 0. The van der Waals surface area contributed by atoms with Crippen molar-refractivity contribution in [3.8, 4) is 11.4 Å². The first-order chi connectivity index (χ1) is 11.6. The van der Waals surface area contributed by atoms with Crippen LogP contribution in [-0.2, 0) is 6.42 Å². The predicted molar refractivity (Wildman–Crippen MR) is 95.6 cm³/mol. The lowest BCUT2D eigenvalue weighted by Crippen LogP contribution is -2.23. The molecule has 24 heavy (non-hydrogen) atoms. The van der Waals surface area contributed by atoms with E-state index in [-0.39, 0.29) is 5.56 Å². The average Bonchev–Trinajstić information content (AvgIpc) is 3.07. The van der Waals surface area contributed by atoms with E-state index in [2.05, 4.69) is 9.97 Å². The third-order valence-corrected chi connectivity index (χ3v) is 5.09. The molecule has 122 valence electrons. The lowest BCUT2D eigenvalue weighted by atomic mass is 10.2. The molecule has 0 saturated heterocycles. The summed E-state index contributed by atoms with van der Waals surface area (Å²) < 4.78 is 7.37. The Morgan fingerprint density at radius 3 is 2.79 bits per heavy atom. The fourth-order valence-corrected chi connectivity index (χ4v) is 3.44. The monoisotopic (exact) mass is 339 g/mol. The zero-order chi connectivity index (χ0) is 16.8. The maximum absolute atomic E-state index is 13.1. The molecule has 0 radical (unpaired) electrons. The molecule has 0 unspecified atom stereocenters. The second-order valence-electron chi connectivity index (χ2n) is 5.81. The maximum Gasteiger partial charge on any atom is 0.263 e. The summed E-state index contributed by atoms with van der Waals surface area (Å²) in [6.45, 7) is 4.35. The molecule has 4 rings (SSSR count). The van der Waals surface area contributed by atoms with Crippen LogP contribution in [0.1, 0.15) is 17.0 Å². The van der Waals surface area contributed by atoms with Crippen LogP contribution in [0.2, 0.25) is 0 Å². The van der Waals surface area contributed by atoms with Crippen molar-refractivity contribution >= 4 is 22.9 Å². The van der Waals surface area contributed by atoms with E-state index >= 15 is 0 Å². The highest BCUT2D eigenvalue weighted by atomic mass is 32.2. The number of nitrogens with zero attached hydrogens (tertiary/aromatic N) is 3. The zero-order valence-corrected chi connectivity index (χ0v) is 14.6. The van der Waals surface area contributed by atoms with Gasteiger partial charge in [0, 0.05) is 11.3 Å². The summed E-state index contributed by atoms with van der Waals surface area (Å²) in [5, 5.41) is 0. The van der Waals surface area contributed by atoms with Gasteiger partial charge < -0.3 is 4.74 Å². The van der Waals surface area contributed by atoms with Crippen LogP contribution in [0.4, 0.5) is 0 Å². The molecule has 1 aliphatic heterocycles. The largest absolute Gasteiger partial charge is 0.490 e. The average molecular weight is 339 g/mol.